The topological polar surface area (TPSA) is 35.0 Å². The quantitative estimate of drug-likeness (QED) is 0.770. The summed E-state index contributed by atoms with van der Waals surface area (Å²) in [6.45, 7) is 1.81. The predicted molar refractivity (Wildman–Crippen MR) is 63.7 cm³/mol. The molecule has 0 amide bonds. The van der Waals surface area contributed by atoms with Crippen molar-refractivity contribution in [2.75, 3.05) is 7.11 Å². The van der Waals surface area contributed by atoms with E-state index in [-0.39, 0.29) is 11.1 Å². The lowest BCUT2D eigenvalue weighted by Crippen LogP contribution is -1.95. The van der Waals surface area contributed by atoms with Crippen LogP contribution in [0, 0.1) is 12.7 Å². The molecule has 1 aromatic carbocycles. The van der Waals surface area contributed by atoms with Gasteiger partial charge in [0.2, 0.25) is 11.2 Å². The van der Waals surface area contributed by atoms with Crippen molar-refractivity contribution in [1.29, 1.82) is 0 Å². The molecule has 0 spiro atoms. The molecule has 0 aliphatic rings. The van der Waals surface area contributed by atoms with E-state index in [0.29, 0.717) is 11.4 Å². The van der Waals surface area contributed by atoms with Gasteiger partial charge in [-0.3, -0.25) is 0 Å². The number of methoxy groups -OCH3 is 1. The van der Waals surface area contributed by atoms with Crippen LogP contribution in [-0.2, 0) is 0 Å². The Hall–Kier alpha value is -1.68. The van der Waals surface area contributed by atoms with Gasteiger partial charge in [-0.2, -0.15) is 4.98 Å². The van der Waals surface area contributed by atoms with E-state index in [1.165, 1.54) is 19.2 Å². The lowest BCUT2D eigenvalue weighted by atomic mass is 10.0. The number of ether oxygens (including phenoxy) is 1. The number of nitrogens with zero attached hydrogens (tertiary/aromatic N) is 2. The van der Waals surface area contributed by atoms with Crippen molar-refractivity contribution in [3.8, 4) is 17.0 Å². The molecule has 0 aliphatic heterocycles. The third-order valence-electron chi connectivity index (χ3n) is 2.40. The minimum Gasteiger partial charge on any atom is -0.480 e. The Labute approximate surface area is 103 Å². The molecule has 0 saturated heterocycles. The van der Waals surface area contributed by atoms with E-state index in [2.05, 4.69) is 9.97 Å². The molecular formula is C12H10ClFN2O. The van der Waals surface area contributed by atoms with Crippen LogP contribution >= 0.6 is 11.6 Å². The van der Waals surface area contributed by atoms with E-state index in [9.17, 15) is 4.39 Å². The van der Waals surface area contributed by atoms with Crippen LogP contribution in [-0.4, -0.2) is 17.1 Å². The molecule has 2 aromatic rings. The summed E-state index contributed by atoms with van der Waals surface area (Å²) in [5, 5.41) is 0.116. The number of benzene rings is 1. The first-order chi connectivity index (χ1) is 8.11. The van der Waals surface area contributed by atoms with Crippen molar-refractivity contribution in [1.82, 2.24) is 9.97 Å². The van der Waals surface area contributed by atoms with Crippen molar-refractivity contribution in [3.05, 3.63) is 41.1 Å². The molecule has 0 bridgehead atoms. The van der Waals surface area contributed by atoms with E-state index in [1.807, 2.05) is 6.92 Å². The third kappa shape index (κ3) is 2.36. The van der Waals surface area contributed by atoms with Crippen molar-refractivity contribution in [2.24, 2.45) is 0 Å². The number of halogens is 2. The zero-order valence-electron chi connectivity index (χ0n) is 9.37. The summed E-state index contributed by atoms with van der Waals surface area (Å²) < 4.78 is 18.2. The number of rotatable bonds is 2. The second-order valence-corrected chi connectivity index (χ2v) is 3.86. The van der Waals surface area contributed by atoms with Crippen LogP contribution in [0.1, 0.15) is 5.56 Å². The van der Waals surface area contributed by atoms with Gasteiger partial charge in [-0.1, -0.05) is 6.07 Å². The van der Waals surface area contributed by atoms with E-state index in [0.717, 1.165) is 11.1 Å². The first kappa shape index (κ1) is 11.8. The molecular weight excluding hydrogens is 243 g/mol. The van der Waals surface area contributed by atoms with Crippen LogP contribution in [0.25, 0.3) is 11.1 Å². The Morgan fingerprint density at radius 3 is 2.71 bits per heavy atom. The summed E-state index contributed by atoms with van der Waals surface area (Å²) in [4.78, 5) is 7.88. The molecule has 1 heterocycles. The van der Waals surface area contributed by atoms with Gasteiger partial charge in [0, 0.05) is 6.20 Å². The number of hydrogen-bond acceptors (Lipinski definition) is 3. The zero-order chi connectivity index (χ0) is 12.4. The van der Waals surface area contributed by atoms with Crippen LogP contribution in [0.4, 0.5) is 4.39 Å². The maximum absolute atomic E-state index is 13.0. The number of aromatic nitrogens is 2. The maximum Gasteiger partial charge on any atom is 0.225 e. The Morgan fingerprint density at radius 2 is 2.06 bits per heavy atom. The average molecular weight is 253 g/mol. The highest BCUT2D eigenvalue weighted by Gasteiger charge is 2.11. The fourth-order valence-electron chi connectivity index (χ4n) is 1.62. The Morgan fingerprint density at radius 1 is 1.29 bits per heavy atom. The van der Waals surface area contributed by atoms with Crippen molar-refractivity contribution in [2.45, 2.75) is 6.92 Å². The Balaban J connectivity index is 2.60. The Bertz CT molecular complexity index is 560. The van der Waals surface area contributed by atoms with Gasteiger partial charge in [-0.25, -0.2) is 9.37 Å². The second-order valence-electron chi connectivity index (χ2n) is 3.52. The van der Waals surface area contributed by atoms with Crippen LogP contribution < -0.4 is 4.74 Å². The summed E-state index contributed by atoms with van der Waals surface area (Å²) in [7, 11) is 1.50. The molecule has 1 aromatic heterocycles. The summed E-state index contributed by atoms with van der Waals surface area (Å²) in [5.41, 5.74) is 2.29. The molecule has 2 rings (SSSR count). The fraction of sp³-hybridized carbons (Fsp3) is 0.167. The smallest absolute Gasteiger partial charge is 0.225 e. The van der Waals surface area contributed by atoms with E-state index in [1.54, 1.807) is 12.3 Å². The summed E-state index contributed by atoms with van der Waals surface area (Å²) in [6, 6.07) is 4.50. The van der Waals surface area contributed by atoms with Crippen LogP contribution in [0.2, 0.25) is 5.28 Å². The van der Waals surface area contributed by atoms with Gasteiger partial charge in [0.25, 0.3) is 0 Å². The summed E-state index contributed by atoms with van der Waals surface area (Å²) in [6.07, 6.45) is 1.56. The molecule has 0 fully saturated rings. The maximum atomic E-state index is 13.0. The molecule has 0 saturated carbocycles. The molecule has 0 radical (unpaired) electrons. The predicted octanol–water partition coefficient (Wildman–Crippen LogP) is 3.25. The van der Waals surface area contributed by atoms with Gasteiger partial charge in [-0.05, 0) is 41.8 Å². The van der Waals surface area contributed by atoms with Gasteiger partial charge < -0.3 is 4.74 Å². The van der Waals surface area contributed by atoms with Crippen molar-refractivity contribution in [3.63, 3.8) is 0 Å². The third-order valence-corrected chi connectivity index (χ3v) is 2.58. The SMILES string of the molecule is COc1nc(Cl)ncc1-c1ccc(F)cc1C. The van der Waals surface area contributed by atoms with Gasteiger partial charge in [0.05, 0.1) is 12.7 Å². The number of aryl methyl sites for hydroxylation is 1. The molecule has 0 N–H and O–H groups in total. The molecule has 88 valence electrons. The second kappa shape index (κ2) is 4.67. The highest BCUT2D eigenvalue weighted by atomic mass is 35.5. The molecule has 3 nitrogen and oxygen atoms in total. The lowest BCUT2D eigenvalue weighted by Gasteiger charge is -2.09. The van der Waals surface area contributed by atoms with E-state index in [4.69, 9.17) is 16.3 Å². The molecule has 17 heavy (non-hydrogen) atoms. The van der Waals surface area contributed by atoms with Gasteiger partial charge >= 0.3 is 0 Å². The molecule has 0 unspecified atom stereocenters. The number of hydrogen-bond donors (Lipinski definition) is 0. The van der Waals surface area contributed by atoms with E-state index >= 15 is 0 Å². The highest BCUT2D eigenvalue weighted by molar-refractivity contribution is 6.28. The zero-order valence-corrected chi connectivity index (χ0v) is 10.1. The molecule has 0 aliphatic carbocycles. The fourth-order valence-corrected chi connectivity index (χ4v) is 1.74. The minimum absolute atomic E-state index is 0.116. The summed E-state index contributed by atoms with van der Waals surface area (Å²) >= 11 is 5.69. The summed E-state index contributed by atoms with van der Waals surface area (Å²) in [5.74, 6) is 0.0970. The lowest BCUT2D eigenvalue weighted by molar-refractivity contribution is 0.398. The largest absolute Gasteiger partial charge is 0.480 e. The Kier molecular flexibility index (Phi) is 3.24. The minimum atomic E-state index is -0.278. The monoisotopic (exact) mass is 252 g/mol. The molecule has 5 heteroatoms. The normalized spacial score (nSPS) is 10.4. The first-order valence-corrected chi connectivity index (χ1v) is 5.32. The average Bonchev–Trinajstić information content (AvgIpc) is 2.30. The molecule has 0 atom stereocenters. The van der Waals surface area contributed by atoms with Gasteiger partial charge in [0.15, 0.2) is 0 Å². The van der Waals surface area contributed by atoms with Crippen molar-refractivity contribution < 1.29 is 9.13 Å². The van der Waals surface area contributed by atoms with E-state index < -0.39 is 0 Å². The van der Waals surface area contributed by atoms with Gasteiger partial charge in [-0.15, -0.1) is 0 Å². The van der Waals surface area contributed by atoms with Crippen LogP contribution in [0.5, 0.6) is 5.88 Å². The first-order valence-electron chi connectivity index (χ1n) is 4.95. The van der Waals surface area contributed by atoms with Crippen LogP contribution in [0.15, 0.2) is 24.4 Å². The van der Waals surface area contributed by atoms with Gasteiger partial charge in [0.1, 0.15) is 5.82 Å². The van der Waals surface area contributed by atoms with Crippen molar-refractivity contribution >= 4 is 11.6 Å². The standard InChI is InChI=1S/C12H10ClFN2O/c1-7-5-8(14)3-4-9(7)10-6-15-12(13)16-11(10)17-2/h3-6H,1-2H3. The van der Waals surface area contributed by atoms with Crippen LogP contribution in [0.3, 0.4) is 0 Å². The highest BCUT2D eigenvalue weighted by Crippen LogP contribution is 2.30.